The third-order valence-corrected chi connectivity index (χ3v) is 3.01. The lowest BCUT2D eigenvalue weighted by Gasteiger charge is -2.11. The van der Waals surface area contributed by atoms with E-state index in [-0.39, 0.29) is 22.6 Å². The van der Waals surface area contributed by atoms with E-state index in [2.05, 4.69) is 5.32 Å². The van der Waals surface area contributed by atoms with Crippen LogP contribution in [0.15, 0.2) is 36.4 Å². The van der Waals surface area contributed by atoms with E-state index < -0.39 is 11.7 Å². The molecule has 2 aromatic carbocycles. The first-order valence-corrected chi connectivity index (χ1v) is 6.28. The van der Waals surface area contributed by atoms with Gasteiger partial charge in [0.15, 0.2) is 0 Å². The van der Waals surface area contributed by atoms with Gasteiger partial charge in [0, 0.05) is 5.02 Å². The van der Waals surface area contributed by atoms with Crippen LogP contribution in [0.3, 0.4) is 0 Å². The Kier molecular flexibility index (Phi) is 4.41. The van der Waals surface area contributed by atoms with Crippen LogP contribution in [0, 0.1) is 17.1 Å². The van der Waals surface area contributed by atoms with E-state index in [0.717, 1.165) is 6.07 Å². The van der Waals surface area contributed by atoms with Crippen molar-refractivity contribution in [2.45, 2.75) is 0 Å². The number of nitrogens with zero attached hydrogens (tertiary/aromatic N) is 1. The van der Waals surface area contributed by atoms with E-state index in [0.29, 0.717) is 5.02 Å². The monoisotopic (exact) mass is 304 g/mol. The first-order chi connectivity index (χ1) is 10.1. The molecule has 2 aromatic rings. The molecule has 0 saturated heterocycles. The number of anilines is 1. The second-order valence-corrected chi connectivity index (χ2v) is 4.51. The lowest BCUT2D eigenvalue weighted by atomic mass is 10.1. The number of nitrogens with one attached hydrogen (secondary N) is 1. The first-order valence-electron chi connectivity index (χ1n) is 5.90. The molecule has 6 heteroatoms. The number of rotatable bonds is 3. The number of hydrogen-bond donors (Lipinski definition) is 1. The number of amides is 1. The maximum atomic E-state index is 13.8. The molecule has 21 heavy (non-hydrogen) atoms. The van der Waals surface area contributed by atoms with Crippen LogP contribution in [-0.2, 0) is 0 Å². The Morgan fingerprint density at radius 1 is 1.38 bits per heavy atom. The smallest absolute Gasteiger partial charge is 0.262 e. The Morgan fingerprint density at radius 2 is 2.14 bits per heavy atom. The molecule has 0 radical (unpaired) electrons. The molecule has 0 aromatic heterocycles. The third kappa shape index (κ3) is 3.12. The van der Waals surface area contributed by atoms with Crippen molar-refractivity contribution in [3.8, 4) is 11.8 Å². The Labute approximate surface area is 125 Å². The van der Waals surface area contributed by atoms with Gasteiger partial charge < -0.3 is 10.1 Å². The number of nitriles is 1. The molecule has 2 rings (SSSR count). The van der Waals surface area contributed by atoms with Crippen LogP contribution in [-0.4, -0.2) is 13.0 Å². The molecule has 1 N–H and O–H groups in total. The number of halogens is 2. The molecule has 0 unspecified atom stereocenters. The maximum absolute atomic E-state index is 13.8. The summed E-state index contributed by atoms with van der Waals surface area (Å²) in [6.45, 7) is 0. The standard InChI is InChI=1S/C15H10ClFN2O2/c1-21-13-4-2-3-11(17)14(13)15(20)19-12-7-10(16)6-5-9(12)8-18/h2-7H,1H3,(H,19,20). The highest BCUT2D eigenvalue weighted by molar-refractivity contribution is 6.31. The van der Waals surface area contributed by atoms with Crippen molar-refractivity contribution in [2.75, 3.05) is 12.4 Å². The van der Waals surface area contributed by atoms with Gasteiger partial charge in [0.1, 0.15) is 23.2 Å². The van der Waals surface area contributed by atoms with Gasteiger partial charge in [0.2, 0.25) is 0 Å². The van der Waals surface area contributed by atoms with E-state index in [1.165, 1.54) is 37.4 Å². The van der Waals surface area contributed by atoms with Crippen LogP contribution in [0.1, 0.15) is 15.9 Å². The number of carbonyl (C=O) groups is 1. The molecule has 1 amide bonds. The normalized spacial score (nSPS) is 9.81. The van der Waals surface area contributed by atoms with Crippen molar-refractivity contribution in [1.29, 1.82) is 5.26 Å². The van der Waals surface area contributed by atoms with Crippen molar-refractivity contribution in [3.63, 3.8) is 0 Å². The Balaban J connectivity index is 2.40. The fraction of sp³-hybridized carbons (Fsp3) is 0.0667. The molecule has 0 heterocycles. The second-order valence-electron chi connectivity index (χ2n) is 4.07. The van der Waals surface area contributed by atoms with Crippen LogP contribution in [0.5, 0.6) is 5.75 Å². The number of carbonyl (C=O) groups excluding carboxylic acids is 1. The van der Waals surface area contributed by atoms with Crippen LogP contribution < -0.4 is 10.1 Å². The van der Waals surface area contributed by atoms with Crippen molar-refractivity contribution >= 4 is 23.2 Å². The molecule has 0 spiro atoms. The average molecular weight is 305 g/mol. The quantitative estimate of drug-likeness (QED) is 0.942. The van der Waals surface area contributed by atoms with Crippen molar-refractivity contribution in [2.24, 2.45) is 0 Å². The van der Waals surface area contributed by atoms with Gasteiger partial charge in [-0.05, 0) is 30.3 Å². The summed E-state index contributed by atoms with van der Waals surface area (Å²) in [6.07, 6.45) is 0. The molecule has 106 valence electrons. The summed E-state index contributed by atoms with van der Waals surface area (Å²) in [7, 11) is 1.34. The van der Waals surface area contributed by atoms with Gasteiger partial charge in [0.25, 0.3) is 5.91 Å². The highest BCUT2D eigenvalue weighted by atomic mass is 35.5. The highest BCUT2D eigenvalue weighted by Gasteiger charge is 2.18. The molecule has 0 aliphatic rings. The predicted octanol–water partition coefficient (Wildman–Crippen LogP) is 3.61. The fourth-order valence-electron chi connectivity index (χ4n) is 1.80. The minimum atomic E-state index is -0.719. The minimum Gasteiger partial charge on any atom is -0.496 e. The first kappa shape index (κ1) is 14.8. The van der Waals surface area contributed by atoms with Gasteiger partial charge in [-0.1, -0.05) is 17.7 Å². The highest BCUT2D eigenvalue weighted by Crippen LogP contribution is 2.25. The topological polar surface area (TPSA) is 62.1 Å². The summed E-state index contributed by atoms with van der Waals surface area (Å²) in [5.41, 5.74) is 0.201. The minimum absolute atomic E-state index is 0.105. The summed E-state index contributed by atoms with van der Waals surface area (Å²) < 4.78 is 18.8. The van der Waals surface area contributed by atoms with Gasteiger partial charge in [0.05, 0.1) is 18.4 Å². The molecule has 0 saturated carbocycles. The molecular weight excluding hydrogens is 295 g/mol. The Hall–Kier alpha value is -2.58. The molecule has 0 aliphatic heterocycles. The van der Waals surface area contributed by atoms with Gasteiger partial charge in [-0.25, -0.2) is 4.39 Å². The predicted molar refractivity (Wildman–Crippen MR) is 77.1 cm³/mol. The van der Waals surface area contributed by atoms with Crippen LogP contribution in [0.4, 0.5) is 10.1 Å². The lowest BCUT2D eigenvalue weighted by Crippen LogP contribution is -2.16. The molecular formula is C15H10ClFN2O2. The molecule has 0 fully saturated rings. The van der Waals surface area contributed by atoms with Crippen LogP contribution >= 0.6 is 11.6 Å². The van der Waals surface area contributed by atoms with Gasteiger partial charge in [-0.15, -0.1) is 0 Å². The van der Waals surface area contributed by atoms with E-state index in [1.54, 1.807) is 0 Å². The zero-order valence-electron chi connectivity index (χ0n) is 11.0. The molecule has 4 nitrogen and oxygen atoms in total. The van der Waals surface area contributed by atoms with E-state index in [4.69, 9.17) is 21.6 Å². The number of benzene rings is 2. The zero-order chi connectivity index (χ0) is 15.4. The average Bonchev–Trinajstić information content (AvgIpc) is 2.47. The van der Waals surface area contributed by atoms with E-state index in [9.17, 15) is 9.18 Å². The van der Waals surface area contributed by atoms with Crippen LogP contribution in [0.2, 0.25) is 5.02 Å². The largest absolute Gasteiger partial charge is 0.496 e. The summed E-state index contributed by atoms with van der Waals surface area (Å²) >= 11 is 5.83. The number of ether oxygens (including phenoxy) is 1. The molecule has 0 aliphatic carbocycles. The second kappa shape index (κ2) is 6.25. The van der Waals surface area contributed by atoms with E-state index in [1.807, 2.05) is 6.07 Å². The van der Waals surface area contributed by atoms with Gasteiger partial charge in [-0.3, -0.25) is 4.79 Å². The molecule has 0 bridgehead atoms. The SMILES string of the molecule is COc1cccc(F)c1C(=O)Nc1cc(Cl)ccc1C#N. The molecule has 0 atom stereocenters. The van der Waals surface area contributed by atoms with Crippen molar-refractivity contribution in [1.82, 2.24) is 0 Å². The van der Waals surface area contributed by atoms with Gasteiger partial charge >= 0.3 is 0 Å². The summed E-state index contributed by atoms with van der Waals surface area (Å²) in [5, 5.41) is 11.8. The summed E-state index contributed by atoms with van der Waals surface area (Å²) in [4.78, 5) is 12.2. The van der Waals surface area contributed by atoms with Crippen LogP contribution in [0.25, 0.3) is 0 Å². The summed E-state index contributed by atoms with van der Waals surface area (Å²) in [5.74, 6) is -1.33. The van der Waals surface area contributed by atoms with E-state index >= 15 is 0 Å². The Bertz CT molecular complexity index is 741. The number of hydrogen-bond acceptors (Lipinski definition) is 3. The third-order valence-electron chi connectivity index (χ3n) is 2.77. The fourth-order valence-corrected chi connectivity index (χ4v) is 1.97. The van der Waals surface area contributed by atoms with Gasteiger partial charge in [-0.2, -0.15) is 5.26 Å². The summed E-state index contributed by atoms with van der Waals surface area (Å²) in [6, 6.07) is 10.4. The van der Waals surface area contributed by atoms with Crippen molar-refractivity contribution in [3.05, 3.63) is 58.4 Å². The lowest BCUT2D eigenvalue weighted by molar-refractivity contribution is 0.102. The maximum Gasteiger partial charge on any atom is 0.262 e. The number of methoxy groups -OCH3 is 1. The van der Waals surface area contributed by atoms with Crippen molar-refractivity contribution < 1.29 is 13.9 Å². The Morgan fingerprint density at radius 3 is 2.81 bits per heavy atom. The zero-order valence-corrected chi connectivity index (χ0v) is 11.7.